The maximum atomic E-state index is 12.5. The molecule has 0 saturated heterocycles. The minimum absolute atomic E-state index is 0.00972. The van der Waals surface area contributed by atoms with Crippen LogP contribution in [-0.4, -0.2) is 99.7 Å². The Hall–Kier alpha value is -0.790. The maximum absolute atomic E-state index is 12.5. The molecule has 13 heteroatoms. The van der Waals surface area contributed by atoms with E-state index in [1.54, 1.807) is 0 Å². The van der Waals surface area contributed by atoms with Crippen molar-refractivity contribution in [3.05, 3.63) is 0 Å². The summed E-state index contributed by atoms with van der Waals surface area (Å²) in [7, 11) is 3.54. The third-order valence-corrected chi connectivity index (χ3v) is 3.90. The molecule has 0 spiro atoms. The van der Waals surface area contributed by atoms with E-state index in [9.17, 15) is 39.5 Å². The lowest BCUT2D eigenvalue weighted by Crippen LogP contribution is -2.48. The first-order chi connectivity index (χ1) is 12.4. The Morgan fingerprint density at radius 2 is 1.00 bits per heavy atom. The molecule has 2 unspecified atom stereocenters. The predicted octanol–water partition coefficient (Wildman–Crippen LogP) is 2.80. The summed E-state index contributed by atoms with van der Waals surface area (Å²) in [5, 5.41) is 0. The van der Waals surface area contributed by atoms with Crippen molar-refractivity contribution in [2.24, 2.45) is 11.7 Å². The van der Waals surface area contributed by atoms with Gasteiger partial charge in [0, 0.05) is 19.1 Å². The molecule has 0 saturated carbocycles. The van der Waals surface area contributed by atoms with E-state index in [4.69, 9.17) is 5.73 Å². The Balaban J connectivity index is 4.95. The summed E-state index contributed by atoms with van der Waals surface area (Å²) in [6.45, 7) is -4.29. The average Bonchev–Trinajstić information content (AvgIpc) is 2.36. The van der Waals surface area contributed by atoms with Gasteiger partial charge < -0.3 is 5.73 Å². The van der Waals surface area contributed by atoms with E-state index in [1.807, 2.05) is 0 Å². The zero-order valence-corrected chi connectivity index (χ0v) is 15.9. The van der Waals surface area contributed by atoms with Crippen LogP contribution in [0.5, 0.6) is 0 Å². The van der Waals surface area contributed by atoms with Crippen molar-refractivity contribution in [2.75, 3.05) is 60.4 Å². The van der Waals surface area contributed by atoms with Gasteiger partial charge in [-0.15, -0.1) is 0 Å². The lowest BCUT2D eigenvalue weighted by molar-refractivity contribution is -0.148. The number of alkyl halides is 9. The summed E-state index contributed by atoms with van der Waals surface area (Å²) in [6.07, 6.45) is -13.4. The third-order valence-electron chi connectivity index (χ3n) is 3.90. The molecule has 0 aromatic carbocycles. The predicted molar refractivity (Wildman–Crippen MR) is 86.7 cm³/mol. The topological polar surface area (TPSA) is 35.7 Å². The van der Waals surface area contributed by atoms with Crippen LogP contribution in [0.4, 0.5) is 39.5 Å². The van der Waals surface area contributed by atoms with Gasteiger partial charge in [-0.3, -0.25) is 14.7 Å². The van der Waals surface area contributed by atoms with E-state index in [0.717, 1.165) is 14.7 Å². The highest BCUT2D eigenvalue weighted by atomic mass is 19.4. The van der Waals surface area contributed by atoms with Crippen LogP contribution in [0.3, 0.4) is 0 Å². The summed E-state index contributed by atoms with van der Waals surface area (Å²) in [5.74, 6) is -0.723. The second-order valence-electron chi connectivity index (χ2n) is 7.19. The van der Waals surface area contributed by atoms with Crippen molar-refractivity contribution in [3.63, 3.8) is 0 Å². The van der Waals surface area contributed by atoms with Gasteiger partial charge in [0.15, 0.2) is 0 Å². The quantitative estimate of drug-likeness (QED) is 0.508. The highest BCUT2D eigenvalue weighted by Gasteiger charge is 2.34. The number of rotatable bonds is 11. The zero-order valence-electron chi connectivity index (χ0n) is 15.9. The number of likely N-dealkylation sites (N-methyl/N-ethyl adjacent to an activating group) is 1. The molecule has 0 aromatic rings. The third kappa shape index (κ3) is 15.2. The van der Waals surface area contributed by atoms with Crippen LogP contribution in [0.15, 0.2) is 0 Å². The lowest BCUT2D eigenvalue weighted by atomic mass is 9.95. The average molecular weight is 434 g/mol. The molecule has 2 N–H and O–H groups in total. The summed E-state index contributed by atoms with van der Waals surface area (Å²) in [4.78, 5) is 2.75. The first-order valence-electron chi connectivity index (χ1n) is 8.39. The SMILES string of the molecule is CN(CCC(CN(C)CC(F)(F)F)C(N)CN(C)CC(F)(F)F)CC(F)(F)F. The lowest BCUT2D eigenvalue weighted by Gasteiger charge is -2.32. The van der Waals surface area contributed by atoms with Gasteiger partial charge in [-0.1, -0.05) is 0 Å². The molecule has 0 radical (unpaired) electrons. The molecule has 0 aliphatic carbocycles. The smallest absolute Gasteiger partial charge is 0.326 e. The minimum atomic E-state index is -4.48. The molecule has 0 fully saturated rings. The van der Waals surface area contributed by atoms with E-state index >= 15 is 0 Å². The van der Waals surface area contributed by atoms with Crippen LogP contribution in [0, 0.1) is 5.92 Å². The first kappa shape index (κ1) is 27.2. The summed E-state index contributed by atoms with van der Waals surface area (Å²) in [5.41, 5.74) is 5.91. The molecule has 4 nitrogen and oxygen atoms in total. The Labute approximate surface area is 158 Å². The van der Waals surface area contributed by atoms with E-state index in [2.05, 4.69) is 0 Å². The second kappa shape index (κ2) is 10.8. The van der Waals surface area contributed by atoms with Crippen molar-refractivity contribution < 1.29 is 39.5 Å². The van der Waals surface area contributed by atoms with Gasteiger partial charge in [0.05, 0.1) is 19.6 Å². The molecular formula is C15H27F9N4. The van der Waals surface area contributed by atoms with Crippen molar-refractivity contribution >= 4 is 0 Å². The molecule has 170 valence electrons. The Kier molecular flexibility index (Phi) is 10.5. The first-order valence-corrected chi connectivity index (χ1v) is 8.39. The van der Waals surface area contributed by atoms with Gasteiger partial charge in [-0.05, 0) is 40.0 Å². The fraction of sp³-hybridized carbons (Fsp3) is 1.00. The summed E-state index contributed by atoms with van der Waals surface area (Å²) >= 11 is 0. The van der Waals surface area contributed by atoms with Gasteiger partial charge in [-0.2, -0.15) is 39.5 Å². The fourth-order valence-corrected chi connectivity index (χ4v) is 2.86. The number of nitrogens with zero attached hydrogens (tertiary/aromatic N) is 3. The zero-order chi connectivity index (χ0) is 22.3. The summed E-state index contributed by atoms with van der Waals surface area (Å²) < 4.78 is 112. The molecule has 0 bridgehead atoms. The fourth-order valence-electron chi connectivity index (χ4n) is 2.86. The monoisotopic (exact) mass is 434 g/mol. The number of halogens is 9. The van der Waals surface area contributed by atoms with E-state index in [1.165, 1.54) is 21.1 Å². The second-order valence-corrected chi connectivity index (χ2v) is 7.19. The number of hydrogen-bond donors (Lipinski definition) is 1. The van der Waals surface area contributed by atoms with Gasteiger partial charge in [-0.25, -0.2) is 0 Å². The van der Waals surface area contributed by atoms with Gasteiger partial charge in [0.2, 0.25) is 0 Å². The number of hydrogen-bond acceptors (Lipinski definition) is 4. The van der Waals surface area contributed by atoms with Crippen molar-refractivity contribution in [2.45, 2.75) is 31.0 Å². The minimum Gasteiger partial charge on any atom is -0.326 e. The molecule has 2 atom stereocenters. The molecule has 0 rings (SSSR count). The molecule has 0 aromatic heterocycles. The van der Waals surface area contributed by atoms with Gasteiger partial charge in [0.1, 0.15) is 0 Å². The Bertz CT molecular complexity index is 437. The molecule has 0 aliphatic heterocycles. The number of nitrogens with two attached hydrogens (primary N) is 1. The highest BCUT2D eigenvalue weighted by Crippen LogP contribution is 2.21. The van der Waals surface area contributed by atoms with Crippen molar-refractivity contribution in [3.8, 4) is 0 Å². The van der Waals surface area contributed by atoms with Gasteiger partial charge >= 0.3 is 18.5 Å². The summed E-state index contributed by atoms with van der Waals surface area (Å²) in [6, 6.07) is -0.942. The van der Waals surface area contributed by atoms with Crippen LogP contribution in [0.25, 0.3) is 0 Å². The highest BCUT2D eigenvalue weighted by molar-refractivity contribution is 4.80. The van der Waals surface area contributed by atoms with Crippen LogP contribution in [0.1, 0.15) is 6.42 Å². The van der Waals surface area contributed by atoms with Crippen LogP contribution in [0.2, 0.25) is 0 Å². The van der Waals surface area contributed by atoms with Crippen molar-refractivity contribution in [1.82, 2.24) is 14.7 Å². The van der Waals surface area contributed by atoms with Crippen molar-refractivity contribution in [1.29, 1.82) is 0 Å². The Morgan fingerprint density at radius 1 is 0.643 bits per heavy atom. The molecule has 0 aliphatic rings. The molecule has 28 heavy (non-hydrogen) atoms. The van der Waals surface area contributed by atoms with Crippen LogP contribution >= 0.6 is 0 Å². The normalized spacial score (nSPS) is 16.3. The molecule has 0 amide bonds. The van der Waals surface area contributed by atoms with E-state index in [0.29, 0.717) is 0 Å². The van der Waals surface area contributed by atoms with E-state index in [-0.39, 0.29) is 26.1 Å². The largest absolute Gasteiger partial charge is 0.401 e. The standard InChI is InChI=1S/C15H27F9N4/c1-26(8-13(16,17)18)5-4-11(6-27(2)9-14(19,20)21)12(25)7-28(3)10-15(22,23)24/h11-12H,4-10,25H2,1-3H3. The van der Waals surface area contributed by atoms with Crippen LogP contribution < -0.4 is 5.73 Å². The molecular weight excluding hydrogens is 407 g/mol. The maximum Gasteiger partial charge on any atom is 0.401 e. The van der Waals surface area contributed by atoms with Gasteiger partial charge in [0.25, 0.3) is 0 Å². The van der Waals surface area contributed by atoms with Crippen LogP contribution in [-0.2, 0) is 0 Å². The molecule has 0 heterocycles. The Morgan fingerprint density at radius 3 is 1.39 bits per heavy atom. The van der Waals surface area contributed by atoms with E-state index < -0.39 is 50.1 Å².